The summed E-state index contributed by atoms with van der Waals surface area (Å²) >= 11 is 0. The molecule has 2 aromatic rings. The summed E-state index contributed by atoms with van der Waals surface area (Å²) in [5.74, 6) is 1.85. The number of halogens is 1. The van der Waals surface area contributed by atoms with Gasteiger partial charge in [0.2, 0.25) is 0 Å². The van der Waals surface area contributed by atoms with Crippen LogP contribution in [-0.2, 0) is 6.42 Å². The van der Waals surface area contributed by atoms with Gasteiger partial charge in [-0.1, -0.05) is 18.2 Å². The number of hydrogen-bond donors (Lipinski definition) is 2. The van der Waals surface area contributed by atoms with E-state index < -0.39 is 0 Å². The van der Waals surface area contributed by atoms with Gasteiger partial charge in [-0.25, -0.2) is 0 Å². The summed E-state index contributed by atoms with van der Waals surface area (Å²) in [4.78, 5) is 9.30. The van der Waals surface area contributed by atoms with Gasteiger partial charge in [0, 0.05) is 58.4 Å². The first kappa shape index (κ1) is 22.5. The molecule has 0 atom stereocenters. The van der Waals surface area contributed by atoms with Crippen molar-refractivity contribution in [3.8, 4) is 0 Å². The van der Waals surface area contributed by atoms with Gasteiger partial charge < -0.3 is 20.0 Å². The van der Waals surface area contributed by atoms with Crippen LogP contribution < -0.4 is 15.5 Å². The standard InChI is InChI=1S/C21H31N5O.HI/c1-22-21(24-12-10-20-9-5-18-27-20)23-11-6-13-25-14-16-26(17-15-25)19-7-3-2-4-8-19;/h2-5,7-9,18H,6,10-17H2,1H3,(H2,22,23,24);1H. The summed E-state index contributed by atoms with van der Waals surface area (Å²) in [5.41, 5.74) is 1.34. The van der Waals surface area contributed by atoms with Gasteiger partial charge in [0.05, 0.1) is 6.26 Å². The Morgan fingerprint density at radius 2 is 1.75 bits per heavy atom. The van der Waals surface area contributed by atoms with Crippen molar-refractivity contribution in [3.63, 3.8) is 0 Å². The third kappa shape index (κ3) is 7.35. The number of hydrogen-bond acceptors (Lipinski definition) is 4. The highest BCUT2D eigenvalue weighted by atomic mass is 127. The SMILES string of the molecule is CN=C(NCCCN1CCN(c2ccccc2)CC1)NCCc1ccco1.I. The van der Waals surface area contributed by atoms with Crippen LogP contribution in [0.3, 0.4) is 0 Å². The number of guanidine groups is 1. The van der Waals surface area contributed by atoms with Crippen molar-refractivity contribution in [2.45, 2.75) is 12.8 Å². The van der Waals surface area contributed by atoms with Crippen LogP contribution in [0.5, 0.6) is 0 Å². The predicted octanol–water partition coefficient (Wildman–Crippen LogP) is 2.82. The van der Waals surface area contributed by atoms with Crippen LogP contribution in [0.25, 0.3) is 0 Å². The number of benzene rings is 1. The minimum atomic E-state index is 0. The second-order valence-corrected chi connectivity index (χ2v) is 6.77. The fourth-order valence-corrected chi connectivity index (χ4v) is 3.36. The van der Waals surface area contributed by atoms with E-state index in [2.05, 4.69) is 55.8 Å². The van der Waals surface area contributed by atoms with Gasteiger partial charge in [0.1, 0.15) is 5.76 Å². The van der Waals surface area contributed by atoms with Crippen molar-refractivity contribution >= 4 is 35.6 Å². The van der Waals surface area contributed by atoms with Gasteiger partial charge >= 0.3 is 0 Å². The molecule has 154 valence electrons. The average molecular weight is 497 g/mol. The van der Waals surface area contributed by atoms with Gasteiger partial charge in [-0.15, -0.1) is 24.0 Å². The molecule has 2 heterocycles. The van der Waals surface area contributed by atoms with Crippen molar-refractivity contribution in [1.82, 2.24) is 15.5 Å². The molecule has 1 aromatic carbocycles. The Hall–Kier alpha value is -1.74. The lowest BCUT2D eigenvalue weighted by atomic mass is 10.2. The largest absolute Gasteiger partial charge is 0.469 e. The van der Waals surface area contributed by atoms with Gasteiger partial charge in [-0.05, 0) is 37.2 Å². The van der Waals surface area contributed by atoms with E-state index in [1.807, 2.05) is 19.2 Å². The predicted molar refractivity (Wildman–Crippen MR) is 127 cm³/mol. The van der Waals surface area contributed by atoms with Gasteiger partial charge in [0.15, 0.2) is 5.96 Å². The third-order valence-electron chi connectivity index (χ3n) is 4.90. The van der Waals surface area contributed by atoms with Crippen LogP contribution in [0.1, 0.15) is 12.2 Å². The molecule has 0 unspecified atom stereocenters. The first-order chi connectivity index (χ1) is 13.3. The normalized spacial score (nSPS) is 15.2. The molecule has 28 heavy (non-hydrogen) atoms. The lowest BCUT2D eigenvalue weighted by Gasteiger charge is -2.36. The molecule has 1 saturated heterocycles. The maximum absolute atomic E-state index is 5.34. The number of rotatable bonds is 8. The molecule has 1 aliphatic heterocycles. The summed E-state index contributed by atoms with van der Waals surface area (Å²) in [6, 6.07) is 14.6. The average Bonchev–Trinajstić information content (AvgIpc) is 3.24. The van der Waals surface area contributed by atoms with Crippen LogP contribution in [0, 0.1) is 0 Å². The van der Waals surface area contributed by atoms with Crippen LogP contribution in [-0.4, -0.2) is 63.7 Å². The molecular formula is C21H32IN5O. The minimum Gasteiger partial charge on any atom is -0.469 e. The van der Waals surface area contributed by atoms with E-state index in [0.29, 0.717) is 0 Å². The molecule has 1 aliphatic rings. The summed E-state index contributed by atoms with van der Waals surface area (Å²) in [5, 5.41) is 6.72. The Morgan fingerprint density at radius 3 is 2.43 bits per heavy atom. The fraction of sp³-hybridized carbons (Fsp3) is 0.476. The lowest BCUT2D eigenvalue weighted by Crippen LogP contribution is -2.47. The monoisotopic (exact) mass is 497 g/mol. The molecule has 0 bridgehead atoms. The molecule has 2 N–H and O–H groups in total. The molecule has 6 nitrogen and oxygen atoms in total. The number of piperazine rings is 1. The number of nitrogens with one attached hydrogen (secondary N) is 2. The highest BCUT2D eigenvalue weighted by molar-refractivity contribution is 14.0. The zero-order valence-electron chi connectivity index (χ0n) is 16.6. The Bertz CT molecular complexity index is 669. The zero-order chi connectivity index (χ0) is 18.7. The van der Waals surface area contributed by atoms with E-state index in [4.69, 9.17) is 4.42 Å². The molecule has 0 spiro atoms. The molecule has 0 amide bonds. The van der Waals surface area contributed by atoms with E-state index in [1.54, 1.807) is 6.26 Å². The molecule has 0 radical (unpaired) electrons. The fourth-order valence-electron chi connectivity index (χ4n) is 3.36. The highest BCUT2D eigenvalue weighted by Crippen LogP contribution is 2.15. The van der Waals surface area contributed by atoms with Crippen LogP contribution in [0.4, 0.5) is 5.69 Å². The summed E-state index contributed by atoms with van der Waals surface area (Å²) < 4.78 is 5.34. The van der Waals surface area contributed by atoms with E-state index in [1.165, 1.54) is 5.69 Å². The first-order valence-corrected chi connectivity index (χ1v) is 9.84. The van der Waals surface area contributed by atoms with E-state index in [-0.39, 0.29) is 24.0 Å². The summed E-state index contributed by atoms with van der Waals surface area (Å²) in [6.07, 6.45) is 3.69. The van der Waals surface area contributed by atoms with Crippen LogP contribution in [0.15, 0.2) is 58.1 Å². The molecule has 7 heteroatoms. The maximum atomic E-state index is 5.34. The molecular weight excluding hydrogens is 465 g/mol. The van der Waals surface area contributed by atoms with Crippen molar-refractivity contribution in [1.29, 1.82) is 0 Å². The number of aliphatic imine (C=N–C) groups is 1. The van der Waals surface area contributed by atoms with E-state index in [9.17, 15) is 0 Å². The van der Waals surface area contributed by atoms with Crippen molar-refractivity contribution in [2.24, 2.45) is 4.99 Å². The second kappa shape index (κ2) is 12.7. The third-order valence-corrected chi connectivity index (χ3v) is 4.90. The number of nitrogens with zero attached hydrogens (tertiary/aromatic N) is 3. The lowest BCUT2D eigenvalue weighted by molar-refractivity contribution is 0.255. The second-order valence-electron chi connectivity index (χ2n) is 6.77. The molecule has 3 rings (SSSR count). The number of anilines is 1. The molecule has 1 aromatic heterocycles. The van der Waals surface area contributed by atoms with Crippen LogP contribution >= 0.6 is 24.0 Å². The summed E-state index contributed by atoms with van der Waals surface area (Å²) in [6.45, 7) is 7.34. The smallest absolute Gasteiger partial charge is 0.190 e. The van der Waals surface area contributed by atoms with Gasteiger partial charge in [-0.3, -0.25) is 9.89 Å². The highest BCUT2D eigenvalue weighted by Gasteiger charge is 2.16. The van der Waals surface area contributed by atoms with Crippen molar-refractivity contribution in [3.05, 3.63) is 54.5 Å². The van der Waals surface area contributed by atoms with Gasteiger partial charge in [-0.2, -0.15) is 0 Å². The quantitative estimate of drug-likeness (QED) is 0.254. The van der Waals surface area contributed by atoms with Crippen LogP contribution in [0.2, 0.25) is 0 Å². The molecule has 0 aliphatic carbocycles. The Labute approximate surface area is 185 Å². The minimum absolute atomic E-state index is 0. The van der Waals surface area contributed by atoms with Crippen molar-refractivity contribution < 1.29 is 4.42 Å². The Balaban J connectivity index is 0.00000280. The van der Waals surface area contributed by atoms with Crippen molar-refractivity contribution in [2.75, 3.05) is 57.8 Å². The number of para-hydroxylation sites is 1. The van der Waals surface area contributed by atoms with E-state index >= 15 is 0 Å². The summed E-state index contributed by atoms with van der Waals surface area (Å²) in [7, 11) is 1.81. The zero-order valence-corrected chi connectivity index (χ0v) is 19.0. The topological polar surface area (TPSA) is 56.0 Å². The Morgan fingerprint density at radius 1 is 1.00 bits per heavy atom. The maximum Gasteiger partial charge on any atom is 0.190 e. The van der Waals surface area contributed by atoms with Gasteiger partial charge in [0.25, 0.3) is 0 Å². The number of furan rings is 1. The molecule has 1 fully saturated rings. The first-order valence-electron chi connectivity index (χ1n) is 9.84. The van der Waals surface area contributed by atoms with E-state index in [0.717, 1.165) is 70.4 Å². The molecule has 0 saturated carbocycles. The Kier molecular flexibility index (Phi) is 10.2.